The fourth-order valence-electron chi connectivity index (χ4n) is 1.52. The Hall–Kier alpha value is -1.50. The lowest BCUT2D eigenvalue weighted by atomic mass is 9.99. The monoisotopic (exact) mass is 257 g/mol. The second-order valence-corrected chi connectivity index (χ2v) is 3.85. The van der Waals surface area contributed by atoms with Crippen molar-refractivity contribution < 1.29 is 24.1 Å². The van der Waals surface area contributed by atoms with Crippen molar-refractivity contribution >= 4 is 5.97 Å². The molecule has 6 heteroatoms. The first kappa shape index (κ1) is 14.6. The molecule has 0 radical (unpaired) electrons. The van der Waals surface area contributed by atoms with E-state index in [0.29, 0.717) is 5.56 Å². The van der Waals surface area contributed by atoms with Crippen molar-refractivity contribution in [1.29, 1.82) is 0 Å². The molecule has 1 aromatic rings. The van der Waals surface area contributed by atoms with E-state index in [1.165, 1.54) is 12.1 Å². The molecule has 1 aromatic carbocycles. The normalized spacial score (nSPS) is 14.1. The molecule has 0 saturated heterocycles. The average molecular weight is 257 g/mol. The third-order valence-corrected chi connectivity index (χ3v) is 2.58. The van der Waals surface area contributed by atoms with Gasteiger partial charge in [-0.2, -0.15) is 0 Å². The third kappa shape index (κ3) is 3.49. The first-order valence-corrected chi connectivity index (χ1v) is 5.41. The molecule has 0 heterocycles. The largest absolute Gasteiger partial charge is 0.469 e. The molecule has 0 aliphatic heterocycles. The SMILES string of the molecule is COC(=O)CC(O)C(O)c1cc(CN)ccc1F. The number of aliphatic hydroxyl groups excluding tert-OH is 2. The van der Waals surface area contributed by atoms with E-state index in [1.807, 2.05) is 0 Å². The molecule has 18 heavy (non-hydrogen) atoms. The summed E-state index contributed by atoms with van der Waals surface area (Å²) in [5.74, 6) is -1.35. The number of benzene rings is 1. The van der Waals surface area contributed by atoms with Crippen LogP contribution >= 0.6 is 0 Å². The second-order valence-electron chi connectivity index (χ2n) is 3.85. The second kappa shape index (κ2) is 6.44. The fourth-order valence-corrected chi connectivity index (χ4v) is 1.52. The van der Waals surface area contributed by atoms with Crippen molar-refractivity contribution in [2.24, 2.45) is 5.73 Å². The molecule has 0 bridgehead atoms. The van der Waals surface area contributed by atoms with Gasteiger partial charge < -0.3 is 20.7 Å². The number of carbonyl (C=O) groups excluding carboxylic acids is 1. The van der Waals surface area contributed by atoms with Crippen molar-refractivity contribution in [3.05, 3.63) is 35.1 Å². The Labute approximate surface area is 104 Å². The van der Waals surface area contributed by atoms with Gasteiger partial charge in [-0.3, -0.25) is 4.79 Å². The number of nitrogens with two attached hydrogens (primary N) is 1. The van der Waals surface area contributed by atoms with Crippen LogP contribution in [0.25, 0.3) is 0 Å². The van der Waals surface area contributed by atoms with Crippen molar-refractivity contribution in [2.45, 2.75) is 25.2 Å². The molecule has 0 aromatic heterocycles. The van der Waals surface area contributed by atoms with E-state index in [9.17, 15) is 19.4 Å². The fraction of sp³-hybridized carbons (Fsp3) is 0.417. The highest BCUT2D eigenvalue weighted by Gasteiger charge is 2.24. The number of ether oxygens (including phenoxy) is 1. The van der Waals surface area contributed by atoms with Crippen molar-refractivity contribution in [3.8, 4) is 0 Å². The average Bonchev–Trinajstić information content (AvgIpc) is 2.38. The predicted molar refractivity (Wildman–Crippen MR) is 61.9 cm³/mol. The van der Waals surface area contributed by atoms with Gasteiger partial charge in [0.25, 0.3) is 0 Å². The molecule has 4 N–H and O–H groups in total. The summed E-state index contributed by atoms with van der Waals surface area (Å²) in [6, 6.07) is 4.00. The van der Waals surface area contributed by atoms with E-state index < -0.39 is 30.4 Å². The van der Waals surface area contributed by atoms with Crippen LogP contribution in [-0.4, -0.2) is 29.4 Å². The molecular formula is C12H16FNO4. The third-order valence-electron chi connectivity index (χ3n) is 2.58. The van der Waals surface area contributed by atoms with Crippen LogP contribution < -0.4 is 5.73 Å². The number of rotatable bonds is 5. The van der Waals surface area contributed by atoms with Crippen LogP contribution in [0.5, 0.6) is 0 Å². The van der Waals surface area contributed by atoms with Gasteiger partial charge in [-0.05, 0) is 17.7 Å². The Morgan fingerprint density at radius 2 is 2.17 bits per heavy atom. The maximum atomic E-state index is 13.5. The van der Waals surface area contributed by atoms with Crippen LogP contribution in [0.3, 0.4) is 0 Å². The van der Waals surface area contributed by atoms with Gasteiger partial charge in [-0.1, -0.05) is 6.07 Å². The number of hydrogen-bond acceptors (Lipinski definition) is 5. The zero-order valence-electron chi connectivity index (χ0n) is 9.97. The van der Waals surface area contributed by atoms with Crippen LogP contribution in [-0.2, 0) is 16.1 Å². The lowest BCUT2D eigenvalue weighted by Crippen LogP contribution is -2.23. The molecule has 0 aliphatic carbocycles. The Bertz CT molecular complexity index is 425. The van der Waals surface area contributed by atoms with E-state index in [1.54, 1.807) is 0 Å². The molecule has 0 spiro atoms. The maximum absolute atomic E-state index is 13.5. The minimum Gasteiger partial charge on any atom is -0.469 e. The van der Waals surface area contributed by atoms with E-state index >= 15 is 0 Å². The summed E-state index contributed by atoms with van der Waals surface area (Å²) in [4.78, 5) is 11.0. The molecule has 1 rings (SSSR count). The Morgan fingerprint density at radius 3 is 2.72 bits per heavy atom. The van der Waals surface area contributed by atoms with Gasteiger partial charge in [0.1, 0.15) is 11.9 Å². The standard InChI is InChI=1S/C12H16FNO4/c1-18-11(16)5-10(15)12(17)8-4-7(6-14)2-3-9(8)13/h2-4,10,12,15,17H,5-6,14H2,1H3. The van der Waals surface area contributed by atoms with Crippen molar-refractivity contribution in [3.63, 3.8) is 0 Å². The number of esters is 1. The summed E-state index contributed by atoms with van der Waals surface area (Å²) in [5, 5.41) is 19.4. The summed E-state index contributed by atoms with van der Waals surface area (Å²) in [6.07, 6.45) is -3.35. The number of carbonyl (C=O) groups is 1. The zero-order chi connectivity index (χ0) is 13.7. The van der Waals surface area contributed by atoms with Crippen LogP contribution in [0.4, 0.5) is 4.39 Å². The van der Waals surface area contributed by atoms with Gasteiger partial charge in [0.15, 0.2) is 0 Å². The summed E-state index contributed by atoms with van der Waals surface area (Å²) >= 11 is 0. The molecule has 0 aliphatic rings. The molecule has 5 nitrogen and oxygen atoms in total. The molecule has 0 amide bonds. The Balaban J connectivity index is 2.88. The van der Waals surface area contributed by atoms with E-state index in [0.717, 1.165) is 13.2 Å². The van der Waals surface area contributed by atoms with Crippen LogP contribution in [0.1, 0.15) is 23.7 Å². The number of hydrogen-bond donors (Lipinski definition) is 3. The Kier molecular flexibility index (Phi) is 5.21. The molecule has 100 valence electrons. The highest BCUT2D eigenvalue weighted by atomic mass is 19.1. The maximum Gasteiger partial charge on any atom is 0.308 e. The van der Waals surface area contributed by atoms with Crippen molar-refractivity contribution in [2.75, 3.05) is 7.11 Å². The van der Waals surface area contributed by atoms with Gasteiger partial charge in [-0.25, -0.2) is 4.39 Å². The van der Waals surface area contributed by atoms with Crippen LogP contribution in [0, 0.1) is 5.82 Å². The van der Waals surface area contributed by atoms with E-state index in [-0.39, 0.29) is 12.1 Å². The number of aliphatic hydroxyl groups is 2. The van der Waals surface area contributed by atoms with Gasteiger partial charge in [-0.15, -0.1) is 0 Å². The minimum absolute atomic E-state index is 0.0886. The topological polar surface area (TPSA) is 92.8 Å². The summed E-state index contributed by atoms with van der Waals surface area (Å²) in [5.41, 5.74) is 5.94. The predicted octanol–water partition coefficient (Wildman–Crippen LogP) is 0.242. The van der Waals surface area contributed by atoms with Crippen molar-refractivity contribution in [1.82, 2.24) is 0 Å². The Morgan fingerprint density at radius 1 is 1.50 bits per heavy atom. The molecular weight excluding hydrogens is 241 g/mol. The van der Waals surface area contributed by atoms with Gasteiger partial charge in [0, 0.05) is 12.1 Å². The van der Waals surface area contributed by atoms with E-state index in [4.69, 9.17) is 5.73 Å². The van der Waals surface area contributed by atoms with Crippen LogP contribution in [0.2, 0.25) is 0 Å². The molecule has 0 saturated carbocycles. The summed E-state index contributed by atoms with van der Waals surface area (Å²) < 4.78 is 17.9. The smallest absolute Gasteiger partial charge is 0.308 e. The summed E-state index contributed by atoms with van der Waals surface area (Å²) in [6.45, 7) is 0.188. The first-order chi connectivity index (χ1) is 8.49. The molecule has 2 atom stereocenters. The van der Waals surface area contributed by atoms with Crippen LogP contribution in [0.15, 0.2) is 18.2 Å². The number of halogens is 1. The lowest BCUT2D eigenvalue weighted by molar-refractivity contribution is -0.144. The minimum atomic E-state index is -1.50. The van der Waals surface area contributed by atoms with Gasteiger partial charge in [0.2, 0.25) is 0 Å². The summed E-state index contributed by atoms with van der Waals surface area (Å²) in [7, 11) is 1.16. The highest BCUT2D eigenvalue weighted by molar-refractivity contribution is 5.69. The van der Waals surface area contributed by atoms with Gasteiger partial charge in [0.05, 0.1) is 19.6 Å². The quantitative estimate of drug-likeness (QED) is 0.657. The highest BCUT2D eigenvalue weighted by Crippen LogP contribution is 2.23. The molecule has 0 fully saturated rings. The zero-order valence-corrected chi connectivity index (χ0v) is 9.97. The lowest BCUT2D eigenvalue weighted by Gasteiger charge is -2.18. The van der Waals surface area contributed by atoms with Gasteiger partial charge >= 0.3 is 5.97 Å². The molecule has 2 unspecified atom stereocenters. The first-order valence-electron chi connectivity index (χ1n) is 5.41. The number of methoxy groups -OCH3 is 1. The van der Waals surface area contributed by atoms with E-state index in [2.05, 4.69) is 4.74 Å².